The van der Waals surface area contributed by atoms with Crippen LogP contribution in [0.4, 0.5) is 5.69 Å². The van der Waals surface area contributed by atoms with Gasteiger partial charge in [-0.25, -0.2) is 4.79 Å². The predicted octanol–water partition coefficient (Wildman–Crippen LogP) is 1.54. The number of aromatic carboxylic acids is 1. The monoisotopic (exact) mass is 224 g/mol. The van der Waals surface area contributed by atoms with E-state index in [-0.39, 0.29) is 5.56 Å². The number of nitrogens with zero attached hydrogens (tertiary/aromatic N) is 1. The first-order chi connectivity index (χ1) is 7.65. The van der Waals surface area contributed by atoms with Crippen molar-refractivity contribution < 1.29 is 14.6 Å². The molecule has 16 heavy (non-hydrogen) atoms. The van der Waals surface area contributed by atoms with E-state index >= 15 is 0 Å². The topological polar surface area (TPSA) is 71.5 Å². The lowest BCUT2D eigenvalue weighted by atomic mass is 10.2. The first kappa shape index (κ1) is 12.4. The fourth-order valence-electron chi connectivity index (χ4n) is 1.32. The second-order valence-corrected chi connectivity index (χ2v) is 3.45. The highest BCUT2D eigenvalue weighted by Gasteiger charge is 2.10. The standard InChI is InChI=1S/C11H16N2O3/c1-8-6-10(12-4-3-5-16-2)9(7-13-8)11(14)15/h6-7H,3-5H2,1-2H3,(H,12,13)(H,14,15). The molecule has 0 aromatic carbocycles. The summed E-state index contributed by atoms with van der Waals surface area (Å²) in [6.07, 6.45) is 2.20. The average Bonchev–Trinajstić information content (AvgIpc) is 2.24. The van der Waals surface area contributed by atoms with Gasteiger partial charge in [0, 0.05) is 32.2 Å². The minimum absolute atomic E-state index is 0.197. The fraction of sp³-hybridized carbons (Fsp3) is 0.455. The number of methoxy groups -OCH3 is 1. The lowest BCUT2D eigenvalue weighted by molar-refractivity contribution is 0.0697. The molecular formula is C11H16N2O3. The third-order valence-electron chi connectivity index (χ3n) is 2.11. The quantitative estimate of drug-likeness (QED) is 0.717. The largest absolute Gasteiger partial charge is 0.478 e. The van der Waals surface area contributed by atoms with Crippen LogP contribution in [0, 0.1) is 6.92 Å². The Morgan fingerprint density at radius 3 is 3.00 bits per heavy atom. The van der Waals surface area contributed by atoms with E-state index in [0.717, 1.165) is 12.1 Å². The Morgan fingerprint density at radius 2 is 2.38 bits per heavy atom. The smallest absolute Gasteiger partial charge is 0.339 e. The lowest BCUT2D eigenvalue weighted by Gasteiger charge is -2.09. The molecule has 0 unspecified atom stereocenters. The Balaban J connectivity index is 2.68. The van der Waals surface area contributed by atoms with Crippen molar-refractivity contribution in [3.8, 4) is 0 Å². The number of anilines is 1. The van der Waals surface area contributed by atoms with Crippen molar-refractivity contribution in [1.29, 1.82) is 0 Å². The highest BCUT2D eigenvalue weighted by Crippen LogP contribution is 2.15. The summed E-state index contributed by atoms with van der Waals surface area (Å²) in [5, 5.41) is 12.0. The van der Waals surface area contributed by atoms with E-state index in [1.807, 2.05) is 6.92 Å². The van der Waals surface area contributed by atoms with Gasteiger partial charge in [-0.05, 0) is 19.4 Å². The summed E-state index contributed by atoms with van der Waals surface area (Å²) in [5.74, 6) is -0.971. The number of aromatic nitrogens is 1. The molecule has 0 spiro atoms. The van der Waals surface area contributed by atoms with Crippen LogP contribution in [0.3, 0.4) is 0 Å². The van der Waals surface area contributed by atoms with Gasteiger partial charge in [-0.3, -0.25) is 4.98 Å². The molecular weight excluding hydrogens is 208 g/mol. The van der Waals surface area contributed by atoms with Gasteiger partial charge in [0.15, 0.2) is 0 Å². The van der Waals surface area contributed by atoms with Crippen LogP contribution in [0.5, 0.6) is 0 Å². The summed E-state index contributed by atoms with van der Waals surface area (Å²) in [6, 6.07) is 1.73. The van der Waals surface area contributed by atoms with Crippen LogP contribution in [0.2, 0.25) is 0 Å². The lowest BCUT2D eigenvalue weighted by Crippen LogP contribution is -2.10. The van der Waals surface area contributed by atoms with Gasteiger partial charge >= 0.3 is 5.97 Å². The molecule has 0 aliphatic carbocycles. The van der Waals surface area contributed by atoms with Crippen LogP contribution < -0.4 is 5.32 Å². The molecule has 0 fully saturated rings. The third-order valence-corrected chi connectivity index (χ3v) is 2.11. The zero-order valence-electron chi connectivity index (χ0n) is 9.49. The zero-order chi connectivity index (χ0) is 12.0. The van der Waals surface area contributed by atoms with Gasteiger partial charge in [-0.15, -0.1) is 0 Å². The molecule has 0 aliphatic heterocycles. The van der Waals surface area contributed by atoms with Gasteiger partial charge in [-0.1, -0.05) is 0 Å². The molecule has 0 saturated carbocycles. The summed E-state index contributed by atoms with van der Waals surface area (Å²) in [5.41, 5.74) is 1.60. The molecule has 1 heterocycles. The van der Waals surface area contributed by atoms with Gasteiger partial charge in [0.1, 0.15) is 5.56 Å². The van der Waals surface area contributed by atoms with Crippen LogP contribution >= 0.6 is 0 Å². The molecule has 1 aromatic rings. The number of carboxylic acid groups (broad SMARTS) is 1. The second-order valence-electron chi connectivity index (χ2n) is 3.45. The number of pyridine rings is 1. The van der Waals surface area contributed by atoms with Crippen molar-refractivity contribution in [2.24, 2.45) is 0 Å². The van der Waals surface area contributed by atoms with Crippen LogP contribution in [0.25, 0.3) is 0 Å². The number of ether oxygens (including phenoxy) is 1. The number of aryl methyl sites for hydroxylation is 1. The number of hydrogen-bond acceptors (Lipinski definition) is 4. The third kappa shape index (κ3) is 3.51. The Labute approximate surface area is 94.5 Å². The molecule has 2 N–H and O–H groups in total. The van der Waals surface area contributed by atoms with E-state index in [0.29, 0.717) is 18.8 Å². The molecule has 0 atom stereocenters. The van der Waals surface area contributed by atoms with Crippen molar-refractivity contribution in [2.45, 2.75) is 13.3 Å². The van der Waals surface area contributed by atoms with E-state index in [1.54, 1.807) is 13.2 Å². The highest BCUT2D eigenvalue weighted by molar-refractivity contribution is 5.93. The molecule has 88 valence electrons. The van der Waals surface area contributed by atoms with Crippen molar-refractivity contribution in [2.75, 3.05) is 25.6 Å². The van der Waals surface area contributed by atoms with Gasteiger partial charge in [-0.2, -0.15) is 0 Å². The van der Waals surface area contributed by atoms with Gasteiger partial charge < -0.3 is 15.2 Å². The van der Waals surface area contributed by atoms with Crippen molar-refractivity contribution in [3.05, 3.63) is 23.5 Å². The van der Waals surface area contributed by atoms with E-state index in [9.17, 15) is 4.79 Å². The molecule has 0 saturated heterocycles. The SMILES string of the molecule is COCCCNc1cc(C)ncc1C(=O)O. The normalized spacial score (nSPS) is 10.1. The van der Waals surface area contributed by atoms with E-state index in [1.165, 1.54) is 6.20 Å². The first-order valence-corrected chi connectivity index (χ1v) is 5.08. The highest BCUT2D eigenvalue weighted by atomic mass is 16.5. The van der Waals surface area contributed by atoms with E-state index < -0.39 is 5.97 Å². The van der Waals surface area contributed by atoms with Gasteiger partial charge in [0.2, 0.25) is 0 Å². The van der Waals surface area contributed by atoms with Crippen LogP contribution in [0.15, 0.2) is 12.3 Å². The summed E-state index contributed by atoms with van der Waals surface area (Å²) < 4.78 is 4.91. The van der Waals surface area contributed by atoms with E-state index in [2.05, 4.69) is 10.3 Å². The summed E-state index contributed by atoms with van der Waals surface area (Å²) in [4.78, 5) is 14.9. The Hall–Kier alpha value is -1.62. The number of carbonyl (C=O) groups is 1. The number of hydrogen-bond donors (Lipinski definition) is 2. The molecule has 0 amide bonds. The number of nitrogens with one attached hydrogen (secondary N) is 1. The molecule has 0 radical (unpaired) electrons. The Kier molecular flexibility index (Phi) is 4.72. The van der Waals surface area contributed by atoms with Crippen molar-refractivity contribution in [3.63, 3.8) is 0 Å². The van der Waals surface area contributed by atoms with Crippen molar-refractivity contribution in [1.82, 2.24) is 4.98 Å². The summed E-state index contributed by atoms with van der Waals surface area (Å²) in [6.45, 7) is 3.16. The molecule has 5 heteroatoms. The second kappa shape index (κ2) is 6.07. The number of rotatable bonds is 6. The minimum Gasteiger partial charge on any atom is -0.478 e. The van der Waals surface area contributed by atoms with Gasteiger partial charge in [0.25, 0.3) is 0 Å². The van der Waals surface area contributed by atoms with Crippen LogP contribution in [-0.4, -0.2) is 36.3 Å². The van der Waals surface area contributed by atoms with Gasteiger partial charge in [0.05, 0.1) is 5.69 Å². The predicted molar refractivity (Wildman–Crippen MR) is 60.9 cm³/mol. The fourth-order valence-corrected chi connectivity index (χ4v) is 1.32. The first-order valence-electron chi connectivity index (χ1n) is 5.08. The summed E-state index contributed by atoms with van der Waals surface area (Å²) in [7, 11) is 1.64. The Bertz CT molecular complexity index is 366. The maximum Gasteiger partial charge on any atom is 0.339 e. The number of carboxylic acids is 1. The Morgan fingerprint density at radius 1 is 1.62 bits per heavy atom. The van der Waals surface area contributed by atoms with Crippen LogP contribution in [-0.2, 0) is 4.74 Å². The molecule has 5 nitrogen and oxygen atoms in total. The zero-order valence-corrected chi connectivity index (χ0v) is 9.49. The minimum atomic E-state index is -0.971. The average molecular weight is 224 g/mol. The summed E-state index contributed by atoms with van der Waals surface area (Å²) >= 11 is 0. The maximum absolute atomic E-state index is 10.9. The molecule has 1 rings (SSSR count). The maximum atomic E-state index is 10.9. The molecule has 0 aliphatic rings. The molecule has 1 aromatic heterocycles. The van der Waals surface area contributed by atoms with Crippen molar-refractivity contribution >= 4 is 11.7 Å². The van der Waals surface area contributed by atoms with Crippen LogP contribution in [0.1, 0.15) is 22.5 Å². The molecule has 0 bridgehead atoms. The van der Waals surface area contributed by atoms with E-state index in [4.69, 9.17) is 9.84 Å².